The molecule has 2 nitrogen and oxygen atoms in total. The molecule has 0 aromatic heterocycles. The van der Waals surface area contributed by atoms with Crippen LogP contribution < -0.4 is 0 Å². The van der Waals surface area contributed by atoms with E-state index in [9.17, 15) is 0 Å². The summed E-state index contributed by atoms with van der Waals surface area (Å²) in [6.07, 6.45) is 0. The minimum absolute atomic E-state index is 0.0654. The van der Waals surface area contributed by atoms with E-state index in [0.717, 1.165) is 10.9 Å². The topological polar surface area (TPSA) is 15.6 Å². The predicted molar refractivity (Wildman–Crippen MR) is 75.7 cm³/mol. The molecule has 0 saturated carbocycles. The maximum atomic E-state index is 5.85. The highest BCUT2D eigenvalue weighted by atomic mass is 35.5. The standard InChI is InChI=1S/C14H21ClN2/c1-14(2,3)13(17(4)5)16-10-11-6-8-12(15)9-7-11/h6-9H,10H2,1-5H3. The van der Waals surface area contributed by atoms with Crippen molar-refractivity contribution in [2.45, 2.75) is 27.3 Å². The van der Waals surface area contributed by atoms with Crippen LogP contribution >= 0.6 is 11.6 Å². The van der Waals surface area contributed by atoms with Crippen LogP contribution in [0.4, 0.5) is 0 Å². The summed E-state index contributed by atoms with van der Waals surface area (Å²) in [5.74, 6) is 1.10. The Hall–Kier alpha value is -1.02. The highest BCUT2D eigenvalue weighted by Gasteiger charge is 2.20. The lowest BCUT2D eigenvalue weighted by molar-refractivity contribution is 0.477. The lowest BCUT2D eigenvalue weighted by Crippen LogP contribution is -2.34. The molecule has 0 fully saturated rings. The summed E-state index contributed by atoms with van der Waals surface area (Å²) in [5, 5.41) is 0.765. The zero-order valence-electron chi connectivity index (χ0n) is 11.3. The van der Waals surface area contributed by atoms with E-state index in [2.05, 4.69) is 25.7 Å². The van der Waals surface area contributed by atoms with Crippen LogP contribution in [0.3, 0.4) is 0 Å². The van der Waals surface area contributed by atoms with E-state index in [0.29, 0.717) is 6.54 Å². The van der Waals surface area contributed by atoms with Crippen molar-refractivity contribution in [1.82, 2.24) is 4.90 Å². The third-order valence-electron chi connectivity index (χ3n) is 2.42. The number of halogens is 1. The average Bonchev–Trinajstić information content (AvgIpc) is 2.18. The van der Waals surface area contributed by atoms with Gasteiger partial charge < -0.3 is 4.90 Å². The van der Waals surface area contributed by atoms with Gasteiger partial charge >= 0.3 is 0 Å². The van der Waals surface area contributed by atoms with Gasteiger partial charge in [-0.05, 0) is 17.7 Å². The molecule has 0 bridgehead atoms. The fraction of sp³-hybridized carbons (Fsp3) is 0.500. The lowest BCUT2D eigenvalue weighted by atomic mass is 9.94. The summed E-state index contributed by atoms with van der Waals surface area (Å²) < 4.78 is 0. The molecule has 0 unspecified atom stereocenters. The molecule has 0 amide bonds. The molecule has 0 aliphatic heterocycles. The molecule has 17 heavy (non-hydrogen) atoms. The van der Waals surface area contributed by atoms with Crippen molar-refractivity contribution in [2.75, 3.05) is 14.1 Å². The first-order valence-electron chi connectivity index (χ1n) is 5.77. The number of hydrogen-bond donors (Lipinski definition) is 0. The molecule has 0 radical (unpaired) electrons. The SMILES string of the molecule is CN(C)C(=NCc1ccc(Cl)cc1)C(C)(C)C. The van der Waals surface area contributed by atoms with Gasteiger partial charge in [0.1, 0.15) is 5.84 Å². The zero-order chi connectivity index (χ0) is 13.1. The van der Waals surface area contributed by atoms with E-state index in [1.165, 1.54) is 5.56 Å². The van der Waals surface area contributed by atoms with Crippen molar-refractivity contribution in [3.8, 4) is 0 Å². The largest absolute Gasteiger partial charge is 0.366 e. The van der Waals surface area contributed by atoms with Crippen molar-refractivity contribution in [3.63, 3.8) is 0 Å². The van der Waals surface area contributed by atoms with Gasteiger partial charge in [0.2, 0.25) is 0 Å². The van der Waals surface area contributed by atoms with Crippen LogP contribution in [0.1, 0.15) is 26.3 Å². The number of amidine groups is 1. The van der Waals surface area contributed by atoms with Gasteiger partial charge in [0.15, 0.2) is 0 Å². The summed E-state index contributed by atoms with van der Waals surface area (Å²) in [5.41, 5.74) is 1.24. The molecule has 1 aromatic rings. The Morgan fingerprint density at radius 1 is 1.18 bits per heavy atom. The van der Waals surface area contributed by atoms with Gasteiger partial charge in [-0.3, -0.25) is 4.99 Å². The molecule has 94 valence electrons. The van der Waals surface area contributed by atoms with E-state index in [1.807, 2.05) is 38.4 Å². The molecule has 1 rings (SSSR count). The molecular weight excluding hydrogens is 232 g/mol. The molecule has 3 heteroatoms. The summed E-state index contributed by atoms with van der Waals surface area (Å²) in [4.78, 5) is 6.77. The quantitative estimate of drug-likeness (QED) is 0.577. The number of hydrogen-bond acceptors (Lipinski definition) is 1. The third-order valence-corrected chi connectivity index (χ3v) is 2.67. The second kappa shape index (κ2) is 5.54. The van der Waals surface area contributed by atoms with E-state index in [4.69, 9.17) is 16.6 Å². The first-order valence-corrected chi connectivity index (χ1v) is 6.15. The number of rotatable bonds is 2. The number of benzene rings is 1. The first kappa shape index (κ1) is 14.0. The fourth-order valence-electron chi connectivity index (χ4n) is 1.81. The van der Waals surface area contributed by atoms with Gasteiger partial charge in [0.25, 0.3) is 0 Å². The average molecular weight is 253 g/mol. The lowest BCUT2D eigenvalue weighted by Gasteiger charge is -2.27. The second-order valence-corrected chi connectivity index (χ2v) is 5.85. The predicted octanol–water partition coefficient (Wildman–Crippen LogP) is 3.85. The van der Waals surface area contributed by atoms with Gasteiger partial charge in [-0.1, -0.05) is 44.5 Å². The highest BCUT2D eigenvalue weighted by Crippen LogP contribution is 2.18. The zero-order valence-corrected chi connectivity index (χ0v) is 12.0. The van der Waals surface area contributed by atoms with Crippen LogP contribution in [0.5, 0.6) is 0 Å². The van der Waals surface area contributed by atoms with Crippen LogP contribution in [0.15, 0.2) is 29.3 Å². The monoisotopic (exact) mass is 252 g/mol. The Bertz CT molecular complexity index is 386. The van der Waals surface area contributed by atoms with Crippen molar-refractivity contribution in [2.24, 2.45) is 10.4 Å². The molecule has 1 aromatic carbocycles. The van der Waals surface area contributed by atoms with E-state index < -0.39 is 0 Å². The van der Waals surface area contributed by atoms with E-state index in [1.54, 1.807) is 0 Å². The summed E-state index contributed by atoms with van der Waals surface area (Å²) in [6.45, 7) is 7.22. The minimum Gasteiger partial charge on any atom is -0.366 e. The van der Waals surface area contributed by atoms with E-state index in [-0.39, 0.29) is 5.41 Å². The molecule has 0 heterocycles. The normalized spacial score (nSPS) is 12.7. The Balaban J connectivity index is 2.83. The molecule has 0 aliphatic carbocycles. The Morgan fingerprint density at radius 3 is 2.12 bits per heavy atom. The molecule has 0 spiro atoms. The van der Waals surface area contributed by atoms with Gasteiger partial charge in [-0.2, -0.15) is 0 Å². The van der Waals surface area contributed by atoms with Crippen LogP contribution in [0.25, 0.3) is 0 Å². The smallest absolute Gasteiger partial charge is 0.104 e. The molecule has 0 atom stereocenters. The van der Waals surface area contributed by atoms with Gasteiger partial charge in [-0.25, -0.2) is 0 Å². The summed E-state index contributed by atoms with van der Waals surface area (Å²) >= 11 is 5.85. The highest BCUT2D eigenvalue weighted by molar-refractivity contribution is 6.30. The van der Waals surface area contributed by atoms with Crippen LogP contribution in [-0.4, -0.2) is 24.8 Å². The number of aliphatic imine (C=N–C) groups is 1. The van der Waals surface area contributed by atoms with Gasteiger partial charge in [0.05, 0.1) is 6.54 Å². The fourth-order valence-corrected chi connectivity index (χ4v) is 1.93. The summed E-state index contributed by atoms with van der Waals surface area (Å²) in [7, 11) is 4.07. The van der Waals surface area contributed by atoms with Gasteiger partial charge in [0, 0.05) is 24.5 Å². The van der Waals surface area contributed by atoms with Crippen molar-refractivity contribution in [3.05, 3.63) is 34.9 Å². The Kier molecular flexibility index (Phi) is 4.58. The van der Waals surface area contributed by atoms with Crippen LogP contribution in [-0.2, 0) is 6.54 Å². The van der Waals surface area contributed by atoms with Crippen molar-refractivity contribution >= 4 is 17.4 Å². The molecule has 0 N–H and O–H groups in total. The maximum absolute atomic E-state index is 5.85. The molecular formula is C14H21ClN2. The maximum Gasteiger partial charge on any atom is 0.104 e. The minimum atomic E-state index is 0.0654. The Morgan fingerprint density at radius 2 is 1.71 bits per heavy atom. The Labute approximate surface area is 109 Å². The third kappa shape index (κ3) is 4.39. The second-order valence-electron chi connectivity index (χ2n) is 5.41. The van der Waals surface area contributed by atoms with Crippen LogP contribution in [0.2, 0.25) is 5.02 Å². The van der Waals surface area contributed by atoms with Gasteiger partial charge in [-0.15, -0.1) is 0 Å². The first-order chi connectivity index (χ1) is 7.80. The van der Waals surface area contributed by atoms with E-state index >= 15 is 0 Å². The van der Waals surface area contributed by atoms with Crippen molar-refractivity contribution < 1.29 is 0 Å². The van der Waals surface area contributed by atoms with Crippen molar-refractivity contribution in [1.29, 1.82) is 0 Å². The van der Waals surface area contributed by atoms with Crippen LogP contribution in [0, 0.1) is 5.41 Å². The summed E-state index contributed by atoms with van der Waals surface area (Å²) in [6, 6.07) is 7.83. The molecule has 0 saturated heterocycles. The molecule has 0 aliphatic rings. The number of nitrogens with zero attached hydrogens (tertiary/aromatic N) is 2.